The number of aliphatic hydroxyl groups excluding tert-OH is 1. The first kappa shape index (κ1) is 22.4. The monoisotopic (exact) mass is 260 g/mol. The first-order valence-electron chi connectivity index (χ1n) is 6.72. The van der Waals surface area contributed by atoms with Crippen molar-refractivity contribution < 1.29 is 15.0 Å². The van der Waals surface area contributed by atoms with Crippen LogP contribution < -0.4 is 0 Å². The molecule has 3 nitrogen and oxygen atoms in total. The van der Waals surface area contributed by atoms with Crippen molar-refractivity contribution in [3.63, 3.8) is 0 Å². The fourth-order valence-electron chi connectivity index (χ4n) is 0.703. The van der Waals surface area contributed by atoms with Gasteiger partial charge in [0.1, 0.15) is 0 Å². The molecule has 0 aliphatic rings. The van der Waals surface area contributed by atoms with Gasteiger partial charge in [0.25, 0.3) is 0 Å². The van der Waals surface area contributed by atoms with E-state index >= 15 is 0 Å². The van der Waals surface area contributed by atoms with Gasteiger partial charge in [0.2, 0.25) is 0 Å². The number of hydrogen-bond donors (Lipinski definition) is 2. The lowest BCUT2D eigenvalue weighted by atomic mass is 10.2. The quantitative estimate of drug-likeness (QED) is 0.554. The second-order valence-corrected chi connectivity index (χ2v) is 4.99. The maximum absolute atomic E-state index is 9.96. The molecule has 0 fully saturated rings. The fourth-order valence-corrected chi connectivity index (χ4v) is 0.703. The van der Waals surface area contributed by atoms with E-state index in [2.05, 4.69) is 13.5 Å². The molecule has 0 saturated heterocycles. The van der Waals surface area contributed by atoms with E-state index in [4.69, 9.17) is 10.2 Å². The molecule has 0 aromatic carbocycles. The second kappa shape index (κ2) is 18.5. The number of unbranched alkanes of at least 4 members (excludes halogenated alkanes) is 3. The Bertz CT molecular complexity index is 182. The highest BCUT2D eigenvalue weighted by atomic mass is 16.4. The molecule has 0 bridgehead atoms. The van der Waals surface area contributed by atoms with Crippen molar-refractivity contribution in [1.82, 2.24) is 0 Å². The summed E-state index contributed by atoms with van der Waals surface area (Å²) >= 11 is 0. The summed E-state index contributed by atoms with van der Waals surface area (Å²) in [7, 11) is 0. The van der Waals surface area contributed by atoms with Crippen LogP contribution in [0.25, 0.3) is 0 Å². The van der Waals surface area contributed by atoms with E-state index in [9.17, 15) is 4.79 Å². The normalized spacial score (nSPS) is 8.83. The molecule has 0 saturated carbocycles. The van der Waals surface area contributed by atoms with Gasteiger partial charge in [-0.15, -0.1) is 6.58 Å². The molecule has 0 rings (SSSR count). The van der Waals surface area contributed by atoms with Crippen molar-refractivity contribution in [2.24, 2.45) is 5.92 Å². The van der Waals surface area contributed by atoms with Crippen LogP contribution >= 0.6 is 0 Å². The van der Waals surface area contributed by atoms with Crippen LogP contribution in [0, 0.1) is 5.92 Å². The zero-order valence-electron chi connectivity index (χ0n) is 12.8. The smallest absolute Gasteiger partial charge is 0.303 e. The average molecular weight is 260 g/mol. The number of hydrogen-bond acceptors (Lipinski definition) is 2. The van der Waals surface area contributed by atoms with Crippen LogP contribution in [0.5, 0.6) is 0 Å². The first-order valence-corrected chi connectivity index (χ1v) is 6.72. The molecule has 0 aliphatic heterocycles. The number of carboxylic acid groups (broad SMARTS) is 1. The van der Waals surface area contributed by atoms with Crippen molar-refractivity contribution in [2.45, 2.75) is 66.7 Å². The number of aliphatic hydroxyl groups is 1. The van der Waals surface area contributed by atoms with Gasteiger partial charge >= 0.3 is 5.97 Å². The summed E-state index contributed by atoms with van der Waals surface area (Å²) in [6, 6.07) is 0. The Morgan fingerprint density at radius 3 is 1.78 bits per heavy atom. The minimum absolute atomic E-state index is 0.306. The fraction of sp³-hybridized carbons (Fsp3) is 0.800. The average Bonchev–Trinajstić information content (AvgIpc) is 2.24. The molecule has 0 heterocycles. The third kappa shape index (κ3) is 59.2. The van der Waals surface area contributed by atoms with Gasteiger partial charge in [-0.05, 0) is 26.2 Å². The van der Waals surface area contributed by atoms with Crippen LogP contribution in [0.1, 0.15) is 66.7 Å². The molecule has 18 heavy (non-hydrogen) atoms. The summed E-state index contributed by atoms with van der Waals surface area (Å²) in [6.07, 6.45) is 4.55. The zero-order chi connectivity index (χ0) is 15.0. The van der Waals surface area contributed by atoms with Crippen LogP contribution in [0.3, 0.4) is 0 Å². The minimum atomic E-state index is -0.675. The molecular formula is C15H32O3. The molecule has 0 unspecified atom stereocenters. The molecule has 2 N–H and O–H groups in total. The molecule has 0 aliphatic carbocycles. The van der Waals surface area contributed by atoms with Gasteiger partial charge in [-0.1, -0.05) is 45.6 Å². The summed E-state index contributed by atoms with van der Waals surface area (Å²) in [5.41, 5.74) is 1.17. The second-order valence-electron chi connectivity index (χ2n) is 4.99. The van der Waals surface area contributed by atoms with Gasteiger partial charge in [-0.3, -0.25) is 4.79 Å². The van der Waals surface area contributed by atoms with Crippen LogP contribution in [-0.2, 0) is 4.79 Å². The lowest BCUT2D eigenvalue weighted by molar-refractivity contribution is -0.137. The van der Waals surface area contributed by atoms with Gasteiger partial charge in [0.05, 0.1) is 0 Å². The van der Waals surface area contributed by atoms with Gasteiger partial charge in [0, 0.05) is 13.0 Å². The SMILES string of the molecule is C=C(C)C.CC(C)CO.CCCCCCC(=O)O. The van der Waals surface area contributed by atoms with Crippen molar-refractivity contribution in [2.75, 3.05) is 6.61 Å². The number of carboxylic acids is 1. The van der Waals surface area contributed by atoms with E-state index in [0.29, 0.717) is 18.9 Å². The molecule has 0 aromatic rings. The van der Waals surface area contributed by atoms with E-state index in [1.165, 1.54) is 12.0 Å². The molecule has 0 atom stereocenters. The predicted octanol–water partition coefficient (Wildman–Crippen LogP) is 4.26. The van der Waals surface area contributed by atoms with E-state index in [1.807, 2.05) is 27.7 Å². The first-order chi connectivity index (χ1) is 8.27. The lowest BCUT2D eigenvalue weighted by Gasteiger charge is -1.92. The highest BCUT2D eigenvalue weighted by Crippen LogP contribution is 2.01. The Morgan fingerprint density at radius 1 is 1.17 bits per heavy atom. The summed E-state index contributed by atoms with van der Waals surface area (Å²) in [6.45, 7) is 13.9. The standard InChI is InChI=1S/C7H14O2.C4H10O.C4H8/c1-2-3-4-5-6-7(8)9;1-4(2)3-5;1-4(2)3/h2-6H2,1H3,(H,8,9);4-5H,3H2,1-2H3;1H2,2-3H3. The van der Waals surface area contributed by atoms with Crippen molar-refractivity contribution in [3.8, 4) is 0 Å². The van der Waals surface area contributed by atoms with Gasteiger partial charge in [0.15, 0.2) is 0 Å². The van der Waals surface area contributed by atoms with Gasteiger partial charge in [-0.25, -0.2) is 0 Å². The number of aliphatic carboxylic acids is 1. The number of allylic oxidation sites excluding steroid dienone is 1. The van der Waals surface area contributed by atoms with E-state index in [-0.39, 0.29) is 0 Å². The third-order valence-electron chi connectivity index (χ3n) is 1.61. The van der Waals surface area contributed by atoms with Crippen molar-refractivity contribution in [3.05, 3.63) is 12.2 Å². The molecular weight excluding hydrogens is 228 g/mol. The molecule has 0 aromatic heterocycles. The number of carbonyl (C=O) groups is 1. The Balaban J connectivity index is -0.000000212. The molecule has 3 heteroatoms. The maximum atomic E-state index is 9.96. The van der Waals surface area contributed by atoms with Crippen molar-refractivity contribution >= 4 is 5.97 Å². The molecule has 0 radical (unpaired) electrons. The van der Waals surface area contributed by atoms with Gasteiger partial charge in [-0.2, -0.15) is 0 Å². The highest BCUT2D eigenvalue weighted by molar-refractivity contribution is 5.66. The summed E-state index contributed by atoms with van der Waals surface area (Å²) in [5.74, 6) is -0.235. The Kier molecular flexibility index (Phi) is 23.0. The molecule has 0 spiro atoms. The predicted molar refractivity (Wildman–Crippen MR) is 78.8 cm³/mol. The van der Waals surface area contributed by atoms with Gasteiger partial charge < -0.3 is 10.2 Å². The maximum Gasteiger partial charge on any atom is 0.303 e. The summed E-state index contributed by atoms with van der Waals surface area (Å²) in [5, 5.41) is 16.4. The Morgan fingerprint density at radius 2 is 1.56 bits per heavy atom. The highest BCUT2D eigenvalue weighted by Gasteiger charge is 1.93. The minimum Gasteiger partial charge on any atom is -0.481 e. The van der Waals surface area contributed by atoms with Crippen LogP contribution in [0.4, 0.5) is 0 Å². The van der Waals surface area contributed by atoms with Crippen LogP contribution in [0.2, 0.25) is 0 Å². The largest absolute Gasteiger partial charge is 0.481 e. The summed E-state index contributed by atoms with van der Waals surface area (Å²) < 4.78 is 0. The lowest BCUT2D eigenvalue weighted by Crippen LogP contribution is -1.92. The summed E-state index contributed by atoms with van der Waals surface area (Å²) in [4.78, 5) is 9.96. The van der Waals surface area contributed by atoms with Crippen LogP contribution in [0.15, 0.2) is 12.2 Å². The van der Waals surface area contributed by atoms with Crippen molar-refractivity contribution in [1.29, 1.82) is 0 Å². The van der Waals surface area contributed by atoms with E-state index in [1.54, 1.807) is 0 Å². The van der Waals surface area contributed by atoms with E-state index < -0.39 is 5.97 Å². The Labute approximate surface area is 113 Å². The third-order valence-corrected chi connectivity index (χ3v) is 1.61. The Hall–Kier alpha value is -0.830. The molecule has 110 valence electrons. The molecule has 0 amide bonds. The number of rotatable bonds is 6. The topological polar surface area (TPSA) is 57.5 Å². The van der Waals surface area contributed by atoms with Crippen LogP contribution in [-0.4, -0.2) is 22.8 Å². The van der Waals surface area contributed by atoms with E-state index in [0.717, 1.165) is 19.3 Å². The zero-order valence-corrected chi connectivity index (χ0v) is 12.8.